The van der Waals surface area contributed by atoms with Crippen LogP contribution >= 0.6 is 11.6 Å². The minimum absolute atomic E-state index is 0.0823. The van der Waals surface area contributed by atoms with Crippen LogP contribution in [0.1, 0.15) is 0 Å². The number of aromatic nitrogens is 5. The lowest BCUT2D eigenvalue weighted by Gasteiger charge is -2.15. The van der Waals surface area contributed by atoms with Crippen molar-refractivity contribution < 1.29 is 35.8 Å². The van der Waals surface area contributed by atoms with E-state index in [1.54, 1.807) is 0 Å². The number of hydrogen-bond donors (Lipinski definition) is 1. The van der Waals surface area contributed by atoms with E-state index in [0.717, 1.165) is 32.8 Å². The van der Waals surface area contributed by atoms with Gasteiger partial charge in [0.05, 0.1) is 42.8 Å². The Hall–Kier alpha value is -3.69. The number of ether oxygens (including phenoxy) is 3. The van der Waals surface area contributed by atoms with Crippen LogP contribution in [0.4, 0.5) is 13.2 Å². The molecule has 4 rings (SSSR count). The van der Waals surface area contributed by atoms with Crippen molar-refractivity contribution in [1.82, 2.24) is 24.5 Å². The summed E-state index contributed by atoms with van der Waals surface area (Å²) in [6, 6.07) is 2.78. The van der Waals surface area contributed by atoms with Crippen LogP contribution in [-0.4, -0.2) is 53.8 Å². The van der Waals surface area contributed by atoms with Gasteiger partial charge in [-0.2, -0.15) is 23.1 Å². The second-order valence-corrected chi connectivity index (χ2v) is 8.64. The number of nitrogens with two attached hydrogens (primary N) is 1. The maximum Gasteiger partial charge on any atom is 0.387 e. The summed E-state index contributed by atoms with van der Waals surface area (Å²) < 4.78 is 79.6. The molecule has 3 heterocycles. The van der Waals surface area contributed by atoms with Crippen LogP contribution in [0.15, 0.2) is 35.6 Å². The molecule has 0 aliphatic carbocycles. The molecule has 0 bridgehead atoms. The lowest BCUT2D eigenvalue weighted by molar-refractivity contribution is -0.0534. The first-order valence-electron chi connectivity index (χ1n) is 9.34. The summed E-state index contributed by atoms with van der Waals surface area (Å²) >= 11 is 6.41. The first-order valence-corrected chi connectivity index (χ1v) is 11.3. The van der Waals surface area contributed by atoms with Gasteiger partial charge in [0.1, 0.15) is 4.90 Å². The molecular formula is C19H14ClF3N6O5S. The van der Waals surface area contributed by atoms with E-state index in [0.29, 0.717) is 0 Å². The molecule has 11 nitrogen and oxygen atoms in total. The molecule has 0 atom stereocenters. The number of rotatable bonds is 7. The molecule has 0 aliphatic rings. The summed E-state index contributed by atoms with van der Waals surface area (Å²) in [5.41, 5.74) is 0.314. The number of fused-ring (bicyclic) bond motifs is 1. The number of benzene rings is 1. The summed E-state index contributed by atoms with van der Waals surface area (Å²) in [4.78, 5) is 15.3. The van der Waals surface area contributed by atoms with Crippen LogP contribution in [0.5, 0.6) is 17.5 Å². The lowest BCUT2D eigenvalue weighted by atomic mass is 10.1. The molecule has 0 fully saturated rings. The van der Waals surface area contributed by atoms with Crippen LogP contribution in [-0.2, 0) is 10.0 Å². The first-order chi connectivity index (χ1) is 16.5. The minimum atomic E-state index is -4.29. The minimum Gasteiger partial charge on any atom is -0.478 e. The van der Waals surface area contributed by atoms with Crippen LogP contribution in [0.3, 0.4) is 0 Å². The van der Waals surface area contributed by atoms with E-state index in [1.165, 1.54) is 16.7 Å². The summed E-state index contributed by atoms with van der Waals surface area (Å²) in [6.45, 7) is -3.24. The van der Waals surface area contributed by atoms with Crippen molar-refractivity contribution in [1.29, 1.82) is 0 Å². The number of sulfonamides is 1. The van der Waals surface area contributed by atoms with Gasteiger partial charge in [-0.05, 0) is 12.1 Å². The summed E-state index contributed by atoms with van der Waals surface area (Å²) in [5.74, 6) is -2.59. The van der Waals surface area contributed by atoms with Gasteiger partial charge in [-0.25, -0.2) is 23.5 Å². The van der Waals surface area contributed by atoms with Crippen LogP contribution in [0, 0.1) is 5.95 Å². The van der Waals surface area contributed by atoms with Crippen molar-refractivity contribution in [3.8, 4) is 34.7 Å². The Morgan fingerprint density at radius 2 is 1.74 bits per heavy atom. The number of hydrogen-bond acceptors (Lipinski definition) is 9. The number of primary sulfonamides is 1. The molecule has 3 aromatic heterocycles. The molecule has 0 saturated carbocycles. The molecular weight excluding hydrogens is 517 g/mol. The van der Waals surface area contributed by atoms with E-state index in [-0.39, 0.29) is 38.0 Å². The van der Waals surface area contributed by atoms with Gasteiger partial charge < -0.3 is 14.2 Å². The zero-order chi connectivity index (χ0) is 25.5. The zero-order valence-electron chi connectivity index (χ0n) is 17.7. The first kappa shape index (κ1) is 24.4. The molecule has 0 spiro atoms. The SMILES string of the molecule is COc1nc(-n2cc(S(N)(=O)=O)c3ccc(Cl)c(-c4cnc(F)cn4)c32)nc(OC)c1OC(F)F. The van der Waals surface area contributed by atoms with Gasteiger partial charge in [-0.1, -0.05) is 11.6 Å². The highest BCUT2D eigenvalue weighted by atomic mass is 35.5. The third-order valence-corrected chi connectivity index (χ3v) is 5.92. The summed E-state index contributed by atoms with van der Waals surface area (Å²) in [7, 11) is -2.01. The molecule has 2 N–H and O–H groups in total. The number of alkyl halides is 2. The molecule has 0 radical (unpaired) electrons. The number of methoxy groups -OCH3 is 2. The van der Waals surface area contributed by atoms with Crippen LogP contribution < -0.4 is 19.3 Å². The molecule has 16 heteroatoms. The van der Waals surface area contributed by atoms with Crippen molar-refractivity contribution in [2.24, 2.45) is 5.14 Å². The average Bonchev–Trinajstić information content (AvgIpc) is 3.20. The van der Waals surface area contributed by atoms with Gasteiger partial charge in [0, 0.05) is 17.1 Å². The lowest BCUT2D eigenvalue weighted by Crippen LogP contribution is -2.12. The Kier molecular flexibility index (Phi) is 6.40. The Labute approximate surface area is 200 Å². The normalized spacial score (nSPS) is 11.8. The third kappa shape index (κ3) is 4.52. The Bertz CT molecular complexity index is 1510. The molecule has 0 aliphatic heterocycles. The average molecular weight is 531 g/mol. The van der Waals surface area contributed by atoms with Gasteiger partial charge in [-0.15, -0.1) is 0 Å². The molecule has 0 amide bonds. The standard InChI is InChI=1S/C19H14ClF3N6O5S/c1-32-16-15(34-18(22)23)17(33-2)28-19(27-16)29-7-11(35(24,30)31)8-3-4-9(20)13(14(8)29)10-5-26-12(21)6-25-10/h3-7,18H,1-2H3,(H2,24,30,31). The highest BCUT2D eigenvalue weighted by Gasteiger charge is 2.27. The topological polar surface area (TPSA) is 144 Å². The maximum atomic E-state index is 13.4. The molecule has 0 saturated heterocycles. The quantitative estimate of drug-likeness (QED) is 0.381. The van der Waals surface area contributed by atoms with Gasteiger partial charge in [0.2, 0.25) is 27.7 Å². The predicted octanol–water partition coefficient (Wildman–Crippen LogP) is 2.94. The third-order valence-electron chi connectivity index (χ3n) is 4.66. The molecule has 0 unspecified atom stereocenters. The summed E-state index contributed by atoms with van der Waals surface area (Å²) in [5, 5.41) is 5.59. The second kappa shape index (κ2) is 9.16. The van der Waals surface area contributed by atoms with E-state index in [2.05, 4.69) is 24.7 Å². The highest BCUT2D eigenvalue weighted by molar-refractivity contribution is 7.89. The van der Waals surface area contributed by atoms with Gasteiger partial charge in [0.25, 0.3) is 11.8 Å². The van der Waals surface area contributed by atoms with Crippen molar-refractivity contribution in [2.45, 2.75) is 11.5 Å². The fraction of sp³-hybridized carbons (Fsp3) is 0.158. The van der Waals surface area contributed by atoms with E-state index < -0.39 is 40.1 Å². The molecule has 35 heavy (non-hydrogen) atoms. The molecule has 184 valence electrons. The fourth-order valence-electron chi connectivity index (χ4n) is 3.31. The Morgan fingerprint density at radius 1 is 1.09 bits per heavy atom. The largest absolute Gasteiger partial charge is 0.478 e. The van der Waals surface area contributed by atoms with E-state index >= 15 is 0 Å². The second-order valence-electron chi connectivity index (χ2n) is 6.70. The van der Waals surface area contributed by atoms with Crippen molar-refractivity contribution >= 4 is 32.5 Å². The smallest absolute Gasteiger partial charge is 0.387 e. The predicted molar refractivity (Wildman–Crippen MR) is 116 cm³/mol. The van der Waals surface area contributed by atoms with Gasteiger partial charge >= 0.3 is 6.61 Å². The van der Waals surface area contributed by atoms with Gasteiger partial charge in [-0.3, -0.25) is 4.57 Å². The van der Waals surface area contributed by atoms with Crippen molar-refractivity contribution in [2.75, 3.05) is 14.2 Å². The summed E-state index contributed by atoms with van der Waals surface area (Å²) in [6.07, 6.45) is 3.03. The van der Waals surface area contributed by atoms with Crippen LogP contribution in [0.2, 0.25) is 5.02 Å². The number of nitrogens with zero attached hydrogens (tertiary/aromatic N) is 5. The van der Waals surface area contributed by atoms with Crippen molar-refractivity contribution in [3.63, 3.8) is 0 Å². The molecule has 1 aromatic carbocycles. The number of halogens is 4. The highest BCUT2D eigenvalue weighted by Crippen LogP contribution is 2.41. The van der Waals surface area contributed by atoms with Crippen molar-refractivity contribution in [3.05, 3.63) is 41.7 Å². The maximum absolute atomic E-state index is 13.4. The molecule has 4 aromatic rings. The van der Waals surface area contributed by atoms with E-state index in [4.69, 9.17) is 26.2 Å². The van der Waals surface area contributed by atoms with Crippen LogP contribution in [0.25, 0.3) is 28.1 Å². The monoisotopic (exact) mass is 530 g/mol. The van der Waals surface area contributed by atoms with E-state index in [1.807, 2.05) is 0 Å². The fourth-order valence-corrected chi connectivity index (χ4v) is 4.28. The van der Waals surface area contributed by atoms with E-state index in [9.17, 15) is 21.6 Å². The van der Waals surface area contributed by atoms with Gasteiger partial charge in [0.15, 0.2) is 0 Å². The zero-order valence-corrected chi connectivity index (χ0v) is 19.3. The Balaban J connectivity index is 2.12. The Morgan fingerprint density at radius 3 is 2.26 bits per heavy atom.